The summed E-state index contributed by atoms with van der Waals surface area (Å²) >= 11 is 5.98. The Bertz CT molecular complexity index is 515. The van der Waals surface area contributed by atoms with E-state index in [1.54, 1.807) is 13.0 Å². The average molecular weight is 291 g/mol. The van der Waals surface area contributed by atoms with Crippen LogP contribution in [0, 0.1) is 6.92 Å². The van der Waals surface area contributed by atoms with Gasteiger partial charge in [0.05, 0.1) is 4.90 Å². The van der Waals surface area contributed by atoms with Gasteiger partial charge in [-0.3, -0.25) is 0 Å². The molecule has 0 saturated heterocycles. The minimum Gasteiger partial charge on any atom is -0.313 e. The van der Waals surface area contributed by atoms with Crippen LogP contribution in [-0.4, -0.2) is 22.0 Å². The summed E-state index contributed by atoms with van der Waals surface area (Å²) in [6.07, 6.45) is 1.03. The SMILES string of the molecule is CCCNCc1cc(Cl)cc(S(=O)(=O)NC)c1C. The Kier molecular flexibility index (Phi) is 5.59. The number of benzene rings is 1. The van der Waals surface area contributed by atoms with Gasteiger partial charge >= 0.3 is 0 Å². The maximum Gasteiger partial charge on any atom is 0.240 e. The van der Waals surface area contributed by atoms with E-state index in [0.717, 1.165) is 24.1 Å². The van der Waals surface area contributed by atoms with E-state index in [9.17, 15) is 8.42 Å². The van der Waals surface area contributed by atoms with Gasteiger partial charge < -0.3 is 5.32 Å². The van der Waals surface area contributed by atoms with Gasteiger partial charge in [0.1, 0.15) is 0 Å². The molecule has 102 valence electrons. The molecule has 1 aromatic rings. The Hall–Kier alpha value is -0.620. The van der Waals surface area contributed by atoms with Crippen molar-refractivity contribution in [1.82, 2.24) is 10.0 Å². The first-order valence-electron chi connectivity index (χ1n) is 5.85. The Labute approximate surface area is 114 Å². The predicted octanol–water partition coefficient (Wildman–Crippen LogP) is 2.06. The topological polar surface area (TPSA) is 58.2 Å². The monoisotopic (exact) mass is 290 g/mol. The molecule has 0 aliphatic rings. The van der Waals surface area contributed by atoms with Crippen LogP contribution >= 0.6 is 11.6 Å². The number of hydrogen-bond donors (Lipinski definition) is 2. The van der Waals surface area contributed by atoms with E-state index in [1.165, 1.54) is 13.1 Å². The van der Waals surface area contributed by atoms with Crippen molar-refractivity contribution in [2.45, 2.75) is 31.7 Å². The average Bonchev–Trinajstić information content (AvgIpc) is 2.33. The van der Waals surface area contributed by atoms with Gasteiger partial charge in [0.2, 0.25) is 10.0 Å². The van der Waals surface area contributed by atoms with E-state index in [0.29, 0.717) is 11.6 Å². The van der Waals surface area contributed by atoms with Crippen molar-refractivity contribution in [2.24, 2.45) is 0 Å². The summed E-state index contributed by atoms with van der Waals surface area (Å²) < 4.78 is 26.0. The van der Waals surface area contributed by atoms with Crippen LogP contribution in [0.15, 0.2) is 17.0 Å². The summed E-state index contributed by atoms with van der Waals surface area (Å²) in [5.74, 6) is 0. The summed E-state index contributed by atoms with van der Waals surface area (Å²) in [5, 5.41) is 3.68. The second kappa shape index (κ2) is 6.52. The zero-order chi connectivity index (χ0) is 13.8. The first-order valence-corrected chi connectivity index (χ1v) is 7.71. The molecule has 18 heavy (non-hydrogen) atoms. The van der Waals surface area contributed by atoms with Crippen LogP contribution < -0.4 is 10.0 Å². The van der Waals surface area contributed by atoms with E-state index in [4.69, 9.17) is 11.6 Å². The summed E-state index contributed by atoms with van der Waals surface area (Å²) in [7, 11) is -2.07. The van der Waals surface area contributed by atoms with Gasteiger partial charge in [0, 0.05) is 11.6 Å². The number of sulfonamides is 1. The van der Waals surface area contributed by atoms with Gasteiger partial charge in [-0.15, -0.1) is 0 Å². The lowest BCUT2D eigenvalue weighted by Gasteiger charge is -2.13. The van der Waals surface area contributed by atoms with Crippen molar-refractivity contribution in [3.63, 3.8) is 0 Å². The highest BCUT2D eigenvalue weighted by Crippen LogP contribution is 2.24. The lowest BCUT2D eigenvalue weighted by Crippen LogP contribution is -2.21. The molecule has 0 fully saturated rings. The third-order valence-electron chi connectivity index (χ3n) is 2.73. The van der Waals surface area contributed by atoms with Gasteiger partial charge in [-0.05, 0) is 50.2 Å². The fourth-order valence-electron chi connectivity index (χ4n) is 1.68. The molecule has 0 radical (unpaired) electrons. The van der Waals surface area contributed by atoms with Crippen LogP contribution in [0.2, 0.25) is 5.02 Å². The molecule has 0 saturated carbocycles. The largest absolute Gasteiger partial charge is 0.313 e. The molecule has 1 rings (SSSR count). The van der Waals surface area contributed by atoms with Gasteiger partial charge in [0.25, 0.3) is 0 Å². The molecule has 0 aliphatic heterocycles. The first-order chi connectivity index (χ1) is 8.42. The normalized spacial score (nSPS) is 11.8. The Morgan fingerprint density at radius 1 is 1.33 bits per heavy atom. The minimum absolute atomic E-state index is 0.241. The Morgan fingerprint density at radius 2 is 2.00 bits per heavy atom. The van der Waals surface area contributed by atoms with Crippen molar-refractivity contribution in [1.29, 1.82) is 0 Å². The van der Waals surface area contributed by atoms with Crippen molar-refractivity contribution >= 4 is 21.6 Å². The van der Waals surface area contributed by atoms with E-state index in [-0.39, 0.29) is 4.90 Å². The lowest BCUT2D eigenvalue weighted by molar-refractivity contribution is 0.587. The Morgan fingerprint density at radius 3 is 2.56 bits per heavy atom. The van der Waals surface area contributed by atoms with Crippen molar-refractivity contribution in [3.05, 3.63) is 28.3 Å². The van der Waals surface area contributed by atoms with Gasteiger partial charge in [-0.25, -0.2) is 13.1 Å². The molecular formula is C12H19ClN2O2S. The summed E-state index contributed by atoms with van der Waals surface area (Å²) in [6, 6.07) is 3.28. The van der Waals surface area contributed by atoms with Crippen molar-refractivity contribution in [3.8, 4) is 0 Å². The number of halogens is 1. The van der Waals surface area contributed by atoms with Crippen LogP contribution in [0.5, 0.6) is 0 Å². The zero-order valence-electron chi connectivity index (χ0n) is 10.9. The quantitative estimate of drug-likeness (QED) is 0.789. The van der Waals surface area contributed by atoms with Crippen LogP contribution in [0.1, 0.15) is 24.5 Å². The molecule has 0 spiro atoms. The molecule has 0 heterocycles. The summed E-state index contributed by atoms with van der Waals surface area (Å²) in [6.45, 7) is 5.38. The Balaban J connectivity index is 3.15. The highest BCUT2D eigenvalue weighted by atomic mass is 35.5. The third kappa shape index (κ3) is 3.68. The third-order valence-corrected chi connectivity index (χ3v) is 4.49. The van der Waals surface area contributed by atoms with E-state index < -0.39 is 10.0 Å². The molecule has 2 N–H and O–H groups in total. The van der Waals surface area contributed by atoms with Crippen LogP contribution in [-0.2, 0) is 16.6 Å². The molecule has 0 aliphatic carbocycles. The smallest absolute Gasteiger partial charge is 0.240 e. The lowest BCUT2D eigenvalue weighted by atomic mass is 10.1. The summed E-state index contributed by atoms with van der Waals surface area (Å²) in [4.78, 5) is 0.241. The molecule has 0 amide bonds. The molecule has 0 aromatic heterocycles. The number of nitrogens with one attached hydrogen (secondary N) is 2. The van der Waals surface area contributed by atoms with Gasteiger partial charge in [0.15, 0.2) is 0 Å². The minimum atomic E-state index is -3.47. The molecular weight excluding hydrogens is 272 g/mol. The van der Waals surface area contributed by atoms with E-state index in [1.807, 2.05) is 0 Å². The molecule has 0 unspecified atom stereocenters. The fraction of sp³-hybridized carbons (Fsp3) is 0.500. The maximum absolute atomic E-state index is 11.9. The number of rotatable bonds is 6. The maximum atomic E-state index is 11.9. The number of hydrogen-bond acceptors (Lipinski definition) is 3. The van der Waals surface area contributed by atoms with Crippen LogP contribution in [0.25, 0.3) is 0 Å². The van der Waals surface area contributed by atoms with Gasteiger partial charge in [-0.2, -0.15) is 0 Å². The zero-order valence-corrected chi connectivity index (χ0v) is 12.5. The summed E-state index contributed by atoms with van der Waals surface area (Å²) in [5.41, 5.74) is 1.64. The standard InChI is InChI=1S/C12H19ClN2O2S/c1-4-5-15-8-10-6-11(13)7-12(9(10)2)18(16,17)14-3/h6-7,14-15H,4-5,8H2,1-3H3. The van der Waals surface area contributed by atoms with E-state index >= 15 is 0 Å². The second-order valence-electron chi connectivity index (χ2n) is 4.07. The highest BCUT2D eigenvalue weighted by molar-refractivity contribution is 7.89. The molecule has 4 nitrogen and oxygen atoms in total. The highest BCUT2D eigenvalue weighted by Gasteiger charge is 2.17. The molecule has 1 aromatic carbocycles. The van der Waals surface area contributed by atoms with Crippen molar-refractivity contribution in [2.75, 3.05) is 13.6 Å². The molecule has 6 heteroatoms. The molecule has 0 bridgehead atoms. The first kappa shape index (κ1) is 15.4. The second-order valence-corrected chi connectivity index (χ2v) is 6.36. The van der Waals surface area contributed by atoms with E-state index in [2.05, 4.69) is 17.0 Å². The van der Waals surface area contributed by atoms with Gasteiger partial charge in [-0.1, -0.05) is 18.5 Å². The van der Waals surface area contributed by atoms with Crippen molar-refractivity contribution < 1.29 is 8.42 Å². The fourth-order valence-corrected chi connectivity index (χ4v) is 3.02. The van der Waals surface area contributed by atoms with Crippen LogP contribution in [0.3, 0.4) is 0 Å². The predicted molar refractivity (Wildman–Crippen MR) is 74.4 cm³/mol. The molecule has 0 atom stereocenters. The van der Waals surface area contributed by atoms with Crippen LogP contribution in [0.4, 0.5) is 0 Å².